The van der Waals surface area contributed by atoms with Crippen LogP contribution in [0.3, 0.4) is 0 Å². The maximum Gasteiger partial charge on any atom is 0.341 e. The molecule has 1 aromatic carbocycles. The van der Waals surface area contributed by atoms with E-state index in [1.807, 2.05) is 25.3 Å². The Morgan fingerprint density at radius 1 is 1.16 bits per heavy atom. The van der Waals surface area contributed by atoms with Crippen LogP contribution in [0.25, 0.3) is 11.1 Å². The molecule has 174 valence electrons. The van der Waals surface area contributed by atoms with Crippen molar-refractivity contribution in [3.63, 3.8) is 0 Å². The van der Waals surface area contributed by atoms with Crippen molar-refractivity contribution in [3.05, 3.63) is 29.1 Å². The molecule has 1 aliphatic rings. The molecule has 1 saturated heterocycles. The minimum absolute atomic E-state index is 0.0695. The summed E-state index contributed by atoms with van der Waals surface area (Å²) < 4.78 is 21.7. The van der Waals surface area contributed by atoms with E-state index in [1.165, 1.54) is 11.3 Å². The lowest BCUT2D eigenvalue weighted by Gasteiger charge is -2.34. The van der Waals surface area contributed by atoms with Crippen LogP contribution < -0.4 is 14.8 Å². The van der Waals surface area contributed by atoms with Crippen molar-refractivity contribution in [1.82, 2.24) is 4.90 Å². The average molecular weight is 463 g/mol. The molecule has 0 radical (unpaired) electrons. The number of morpholine rings is 1. The SMILES string of the molecule is CCOC(=O)c1c(-c2ccc(OC)c(OC)c2)csc1NC(=O)CN1C[C@@H](C)O[C@@H](C)C1. The molecule has 1 fully saturated rings. The van der Waals surface area contributed by atoms with Gasteiger partial charge in [-0.05, 0) is 38.5 Å². The van der Waals surface area contributed by atoms with Gasteiger partial charge in [-0.15, -0.1) is 11.3 Å². The third-order valence-corrected chi connectivity index (χ3v) is 5.98. The van der Waals surface area contributed by atoms with Crippen molar-refractivity contribution >= 4 is 28.2 Å². The van der Waals surface area contributed by atoms with E-state index in [2.05, 4.69) is 10.2 Å². The summed E-state index contributed by atoms with van der Waals surface area (Å²) in [7, 11) is 3.12. The van der Waals surface area contributed by atoms with Gasteiger partial charge in [0.05, 0.1) is 39.6 Å². The summed E-state index contributed by atoms with van der Waals surface area (Å²) in [6, 6.07) is 5.42. The van der Waals surface area contributed by atoms with Crippen molar-refractivity contribution < 1.29 is 28.5 Å². The summed E-state index contributed by atoms with van der Waals surface area (Å²) in [4.78, 5) is 27.6. The van der Waals surface area contributed by atoms with Gasteiger partial charge >= 0.3 is 5.97 Å². The summed E-state index contributed by atoms with van der Waals surface area (Å²) in [6.07, 6.45) is 0.139. The molecule has 0 aliphatic carbocycles. The van der Waals surface area contributed by atoms with Gasteiger partial charge in [-0.2, -0.15) is 0 Å². The van der Waals surface area contributed by atoms with Gasteiger partial charge in [0.2, 0.25) is 5.91 Å². The number of methoxy groups -OCH3 is 2. The number of thiophene rings is 1. The average Bonchev–Trinajstić information content (AvgIpc) is 3.15. The maximum atomic E-state index is 12.8. The minimum atomic E-state index is -0.484. The molecule has 32 heavy (non-hydrogen) atoms. The zero-order valence-corrected chi connectivity index (χ0v) is 19.9. The van der Waals surface area contributed by atoms with E-state index in [0.717, 1.165) is 5.56 Å². The van der Waals surface area contributed by atoms with Crippen LogP contribution in [0.5, 0.6) is 11.5 Å². The molecule has 1 N–H and O–H groups in total. The Morgan fingerprint density at radius 3 is 2.47 bits per heavy atom. The molecule has 1 aromatic heterocycles. The van der Waals surface area contributed by atoms with Gasteiger partial charge in [-0.25, -0.2) is 4.79 Å². The molecule has 3 rings (SSSR count). The normalized spacial score (nSPS) is 18.8. The van der Waals surface area contributed by atoms with Crippen LogP contribution in [0.1, 0.15) is 31.1 Å². The second-order valence-corrected chi connectivity index (χ2v) is 8.52. The number of anilines is 1. The van der Waals surface area contributed by atoms with E-state index in [-0.39, 0.29) is 31.3 Å². The van der Waals surface area contributed by atoms with E-state index < -0.39 is 5.97 Å². The minimum Gasteiger partial charge on any atom is -0.493 e. The topological polar surface area (TPSA) is 86.3 Å². The fraction of sp³-hybridized carbons (Fsp3) is 0.478. The summed E-state index contributed by atoms with van der Waals surface area (Å²) in [5.41, 5.74) is 1.76. The number of carbonyl (C=O) groups excluding carboxylic acids is 2. The lowest BCUT2D eigenvalue weighted by molar-refractivity contribution is -0.121. The standard InChI is InChI=1S/C23H30N2O6S/c1-6-30-23(27)21-17(16-7-8-18(28-4)19(9-16)29-5)13-32-22(21)24-20(26)12-25-10-14(2)31-15(3)11-25/h7-9,13-15H,6,10-12H2,1-5H3,(H,24,26)/t14-,15+. The van der Waals surface area contributed by atoms with Gasteiger partial charge in [0.25, 0.3) is 0 Å². The van der Waals surface area contributed by atoms with E-state index in [9.17, 15) is 9.59 Å². The van der Waals surface area contributed by atoms with Gasteiger partial charge in [0.1, 0.15) is 10.6 Å². The number of hydrogen-bond donors (Lipinski definition) is 1. The summed E-state index contributed by atoms with van der Waals surface area (Å²) >= 11 is 1.29. The van der Waals surface area contributed by atoms with Crippen molar-refractivity contribution in [2.24, 2.45) is 0 Å². The highest BCUT2D eigenvalue weighted by Gasteiger charge is 2.26. The number of benzene rings is 1. The lowest BCUT2D eigenvalue weighted by atomic mass is 10.0. The lowest BCUT2D eigenvalue weighted by Crippen LogP contribution is -2.48. The van der Waals surface area contributed by atoms with Crippen LogP contribution in [0.15, 0.2) is 23.6 Å². The molecule has 1 aliphatic heterocycles. The van der Waals surface area contributed by atoms with Gasteiger partial charge in [0.15, 0.2) is 11.5 Å². The Morgan fingerprint density at radius 2 is 1.84 bits per heavy atom. The summed E-state index contributed by atoms with van der Waals surface area (Å²) in [6.45, 7) is 7.57. The Bertz CT molecular complexity index is 950. The van der Waals surface area contributed by atoms with Gasteiger partial charge < -0.3 is 24.3 Å². The number of esters is 1. The van der Waals surface area contributed by atoms with Crippen LogP contribution >= 0.6 is 11.3 Å². The molecule has 2 heterocycles. The first kappa shape index (κ1) is 24.0. The second kappa shape index (κ2) is 10.8. The Kier molecular flexibility index (Phi) is 8.11. The third-order valence-electron chi connectivity index (χ3n) is 5.08. The molecule has 0 saturated carbocycles. The van der Waals surface area contributed by atoms with Crippen molar-refractivity contribution in [2.45, 2.75) is 33.0 Å². The fourth-order valence-electron chi connectivity index (χ4n) is 3.85. The molecule has 0 bridgehead atoms. The first-order chi connectivity index (χ1) is 15.4. The molecule has 2 atom stereocenters. The zero-order chi connectivity index (χ0) is 23.3. The fourth-order valence-corrected chi connectivity index (χ4v) is 4.83. The molecule has 0 spiro atoms. The molecule has 1 amide bonds. The van der Waals surface area contributed by atoms with Crippen LogP contribution in [0, 0.1) is 0 Å². The highest BCUT2D eigenvalue weighted by Crippen LogP contribution is 2.39. The second-order valence-electron chi connectivity index (χ2n) is 7.64. The van der Waals surface area contributed by atoms with E-state index in [4.69, 9.17) is 18.9 Å². The number of nitrogens with one attached hydrogen (secondary N) is 1. The van der Waals surface area contributed by atoms with E-state index in [1.54, 1.807) is 33.3 Å². The number of ether oxygens (including phenoxy) is 4. The quantitative estimate of drug-likeness (QED) is 0.599. The van der Waals surface area contributed by atoms with Crippen LogP contribution in [-0.2, 0) is 14.3 Å². The van der Waals surface area contributed by atoms with Gasteiger partial charge in [0, 0.05) is 24.0 Å². The monoisotopic (exact) mass is 462 g/mol. The zero-order valence-electron chi connectivity index (χ0n) is 19.1. The number of hydrogen-bond acceptors (Lipinski definition) is 8. The highest BCUT2D eigenvalue weighted by atomic mass is 32.1. The maximum absolute atomic E-state index is 12.8. The van der Waals surface area contributed by atoms with Gasteiger partial charge in [-0.1, -0.05) is 6.07 Å². The molecule has 8 nitrogen and oxygen atoms in total. The molecule has 0 unspecified atom stereocenters. The number of rotatable bonds is 8. The van der Waals surface area contributed by atoms with Crippen molar-refractivity contribution in [2.75, 3.05) is 45.8 Å². The van der Waals surface area contributed by atoms with Crippen LogP contribution in [-0.4, -0.2) is 69.4 Å². The van der Waals surface area contributed by atoms with Crippen molar-refractivity contribution in [1.29, 1.82) is 0 Å². The summed E-state index contributed by atoms with van der Waals surface area (Å²) in [5.74, 6) is 0.471. The smallest absolute Gasteiger partial charge is 0.341 e. The highest BCUT2D eigenvalue weighted by molar-refractivity contribution is 7.15. The Balaban J connectivity index is 1.86. The third kappa shape index (κ3) is 5.59. The van der Waals surface area contributed by atoms with E-state index in [0.29, 0.717) is 40.7 Å². The summed E-state index contributed by atoms with van der Waals surface area (Å²) in [5, 5.41) is 5.21. The predicted octanol–water partition coefficient (Wildman–Crippen LogP) is 3.66. The Labute approximate surface area is 192 Å². The largest absolute Gasteiger partial charge is 0.493 e. The predicted molar refractivity (Wildman–Crippen MR) is 124 cm³/mol. The molecular formula is C23H30N2O6S. The molecule has 9 heteroatoms. The van der Waals surface area contributed by atoms with Crippen LogP contribution in [0.2, 0.25) is 0 Å². The number of nitrogens with zero attached hydrogens (tertiary/aromatic N) is 1. The van der Waals surface area contributed by atoms with E-state index >= 15 is 0 Å². The molecular weight excluding hydrogens is 432 g/mol. The van der Waals surface area contributed by atoms with Gasteiger partial charge in [-0.3, -0.25) is 9.69 Å². The van der Waals surface area contributed by atoms with Crippen LogP contribution in [0.4, 0.5) is 5.00 Å². The Hall–Kier alpha value is -2.62. The first-order valence-corrected chi connectivity index (χ1v) is 11.4. The van der Waals surface area contributed by atoms with Crippen molar-refractivity contribution in [3.8, 4) is 22.6 Å². The molecule has 2 aromatic rings. The number of amides is 1. The number of carbonyl (C=O) groups is 2. The first-order valence-electron chi connectivity index (χ1n) is 10.5.